The molecule has 0 atom stereocenters. The van der Waals surface area contributed by atoms with E-state index in [0.717, 1.165) is 9.75 Å². The van der Waals surface area contributed by atoms with Gasteiger partial charge in [-0.05, 0) is 31.3 Å². The lowest BCUT2D eigenvalue weighted by Crippen LogP contribution is -1.96. The lowest BCUT2D eigenvalue weighted by Gasteiger charge is -1.94. The Morgan fingerprint density at radius 3 is 2.74 bits per heavy atom. The first-order valence-corrected chi connectivity index (χ1v) is 7.46. The highest BCUT2D eigenvalue weighted by Gasteiger charge is 2.17. The second-order valence-electron chi connectivity index (χ2n) is 3.97. The number of hydrogen-bond donors (Lipinski definition) is 1. The van der Waals surface area contributed by atoms with Gasteiger partial charge in [0.25, 0.3) is 5.89 Å². The molecule has 2 N–H and O–H groups in total. The number of hydrogen-bond acceptors (Lipinski definition) is 7. The lowest BCUT2D eigenvalue weighted by atomic mass is 10.4. The van der Waals surface area contributed by atoms with Crippen LogP contribution in [0.3, 0.4) is 0 Å². The number of thiophene rings is 1. The fourth-order valence-corrected chi connectivity index (χ4v) is 3.55. The number of thiazole rings is 1. The molecule has 3 aromatic rings. The van der Waals surface area contributed by atoms with Crippen LogP contribution >= 0.6 is 34.9 Å². The molecular formula is C11H10N4OS3. The van der Waals surface area contributed by atoms with E-state index >= 15 is 0 Å². The standard InChI is InChI=1S/C11H10N4OS3/c1-5-3-4-6(18-5)9-13-10(16-14-9)7-8(12)15(2)11(17)19-7/h3-4H,12H2,1-2H3. The Bertz CT molecular complexity index is 795. The van der Waals surface area contributed by atoms with Gasteiger partial charge in [-0.25, -0.2) is 0 Å². The molecule has 0 amide bonds. The van der Waals surface area contributed by atoms with Crippen molar-refractivity contribution < 1.29 is 4.52 Å². The summed E-state index contributed by atoms with van der Waals surface area (Å²) in [5.41, 5.74) is 5.97. The van der Waals surface area contributed by atoms with E-state index in [2.05, 4.69) is 10.1 Å². The van der Waals surface area contributed by atoms with E-state index in [4.69, 9.17) is 22.5 Å². The Kier molecular flexibility index (Phi) is 3.00. The molecular weight excluding hydrogens is 300 g/mol. The van der Waals surface area contributed by atoms with Crippen LogP contribution < -0.4 is 5.73 Å². The number of anilines is 1. The normalized spacial score (nSPS) is 11.1. The van der Waals surface area contributed by atoms with Crippen LogP contribution in [0, 0.1) is 10.9 Å². The van der Waals surface area contributed by atoms with Crippen molar-refractivity contribution in [2.75, 3.05) is 5.73 Å². The summed E-state index contributed by atoms with van der Waals surface area (Å²) in [6, 6.07) is 4.00. The van der Waals surface area contributed by atoms with E-state index in [-0.39, 0.29) is 0 Å². The molecule has 0 aliphatic carbocycles. The first-order valence-electron chi connectivity index (χ1n) is 5.42. The molecule has 0 spiro atoms. The number of nitrogens with two attached hydrogens (primary N) is 1. The Morgan fingerprint density at radius 1 is 1.37 bits per heavy atom. The zero-order valence-electron chi connectivity index (χ0n) is 10.2. The van der Waals surface area contributed by atoms with E-state index in [1.807, 2.05) is 26.1 Å². The van der Waals surface area contributed by atoms with Gasteiger partial charge in [-0.3, -0.25) is 0 Å². The van der Waals surface area contributed by atoms with Crippen molar-refractivity contribution >= 4 is 40.7 Å². The molecule has 0 saturated heterocycles. The zero-order chi connectivity index (χ0) is 13.6. The van der Waals surface area contributed by atoms with Crippen LogP contribution in [-0.2, 0) is 7.05 Å². The zero-order valence-corrected chi connectivity index (χ0v) is 12.7. The summed E-state index contributed by atoms with van der Waals surface area (Å²) in [7, 11) is 1.82. The smallest absolute Gasteiger partial charge is 0.272 e. The van der Waals surface area contributed by atoms with Crippen LogP contribution in [0.2, 0.25) is 0 Å². The second kappa shape index (κ2) is 4.55. The number of aryl methyl sites for hydroxylation is 1. The molecule has 0 aliphatic rings. The van der Waals surface area contributed by atoms with Gasteiger partial charge in [-0.15, -0.1) is 11.3 Å². The van der Waals surface area contributed by atoms with Crippen molar-refractivity contribution in [1.82, 2.24) is 14.7 Å². The van der Waals surface area contributed by atoms with Crippen molar-refractivity contribution in [2.45, 2.75) is 6.92 Å². The molecule has 0 radical (unpaired) electrons. The van der Waals surface area contributed by atoms with Gasteiger partial charge >= 0.3 is 0 Å². The average Bonchev–Trinajstić information content (AvgIpc) is 3.06. The van der Waals surface area contributed by atoms with Gasteiger partial charge in [0.05, 0.1) is 4.88 Å². The third kappa shape index (κ3) is 2.11. The van der Waals surface area contributed by atoms with Gasteiger partial charge in [0.1, 0.15) is 10.7 Å². The third-order valence-corrected chi connectivity index (χ3v) is 5.20. The molecule has 0 aromatic carbocycles. The predicted molar refractivity (Wildman–Crippen MR) is 79.9 cm³/mol. The first-order chi connectivity index (χ1) is 9.06. The molecule has 8 heteroatoms. The summed E-state index contributed by atoms with van der Waals surface area (Å²) in [6.45, 7) is 2.04. The predicted octanol–water partition coefficient (Wildman–Crippen LogP) is 3.49. The second-order valence-corrected chi connectivity index (χ2v) is 6.91. The molecule has 3 heterocycles. The van der Waals surface area contributed by atoms with Crippen molar-refractivity contribution in [3.8, 4) is 21.5 Å². The van der Waals surface area contributed by atoms with E-state index in [9.17, 15) is 0 Å². The Labute approximate surface area is 122 Å². The highest BCUT2D eigenvalue weighted by atomic mass is 32.1. The van der Waals surface area contributed by atoms with Gasteiger partial charge in [-0.1, -0.05) is 16.5 Å². The minimum Gasteiger partial charge on any atom is -0.384 e. The topological polar surface area (TPSA) is 69.9 Å². The maximum atomic E-state index is 5.97. The number of aromatic nitrogens is 3. The Balaban J connectivity index is 2.06. The quantitative estimate of drug-likeness (QED) is 0.734. The van der Waals surface area contributed by atoms with Crippen LogP contribution in [0.1, 0.15) is 4.88 Å². The van der Waals surface area contributed by atoms with Crippen LogP contribution in [0.25, 0.3) is 21.5 Å². The van der Waals surface area contributed by atoms with E-state index in [1.54, 1.807) is 15.9 Å². The summed E-state index contributed by atoms with van der Waals surface area (Å²) in [6.07, 6.45) is 0. The SMILES string of the molecule is Cc1ccc(-c2noc(-c3sc(=S)n(C)c3N)n2)s1. The summed E-state index contributed by atoms with van der Waals surface area (Å²) in [4.78, 5) is 7.29. The molecule has 0 aliphatic heterocycles. The summed E-state index contributed by atoms with van der Waals surface area (Å²) in [5.74, 6) is 1.54. The molecule has 19 heavy (non-hydrogen) atoms. The van der Waals surface area contributed by atoms with Gasteiger partial charge < -0.3 is 14.8 Å². The first kappa shape index (κ1) is 12.5. The highest BCUT2D eigenvalue weighted by Crippen LogP contribution is 2.33. The van der Waals surface area contributed by atoms with Crippen LogP contribution in [0.15, 0.2) is 16.7 Å². The van der Waals surface area contributed by atoms with Crippen molar-refractivity contribution in [2.24, 2.45) is 7.05 Å². The minimum atomic E-state index is 0.412. The number of rotatable bonds is 2. The molecule has 5 nitrogen and oxygen atoms in total. The van der Waals surface area contributed by atoms with Crippen molar-refractivity contribution in [1.29, 1.82) is 0 Å². The van der Waals surface area contributed by atoms with Gasteiger partial charge in [0.2, 0.25) is 5.82 Å². The molecule has 0 saturated carbocycles. The third-order valence-electron chi connectivity index (χ3n) is 2.64. The summed E-state index contributed by atoms with van der Waals surface area (Å²) in [5, 5.41) is 3.99. The van der Waals surface area contributed by atoms with E-state index in [1.165, 1.54) is 16.2 Å². The van der Waals surface area contributed by atoms with Crippen molar-refractivity contribution in [3.05, 3.63) is 21.0 Å². The van der Waals surface area contributed by atoms with E-state index < -0.39 is 0 Å². The highest BCUT2D eigenvalue weighted by molar-refractivity contribution is 7.73. The maximum absolute atomic E-state index is 5.97. The summed E-state index contributed by atoms with van der Waals surface area (Å²) < 4.78 is 7.69. The summed E-state index contributed by atoms with van der Waals surface area (Å²) >= 11 is 8.17. The molecule has 98 valence electrons. The van der Waals surface area contributed by atoms with Crippen LogP contribution in [0.5, 0.6) is 0 Å². The minimum absolute atomic E-state index is 0.412. The number of nitrogens with zero attached hydrogens (tertiary/aromatic N) is 3. The molecule has 0 unspecified atom stereocenters. The largest absolute Gasteiger partial charge is 0.384 e. The van der Waals surface area contributed by atoms with Gasteiger partial charge in [0, 0.05) is 11.9 Å². The van der Waals surface area contributed by atoms with Gasteiger partial charge in [-0.2, -0.15) is 4.98 Å². The number of nitrogen functional groups attached to an aromatic ring is 1. The van der Waals surface area contributed by atoms with Crippen molar-refractivity contribution in [3.63, 3.8) is 0 Å². The monoisotopic (exact) mass is 310 g/mol. The fraction of sp³-hybridized carbons (Fsp3) is 0.182. The fourth-order valence-electron chi connectivity index (χ4n) is 1.58. The van der Waals surface area contributed by atoms with Crippen LogP contribution in [0.4, 0.5) is 5.82 Å². The average molecular weight is 310 g/mol. The van der Waals surface area contributed by atoms with Gasteiger partial charge in [0.15, 0.2) is 3.95 Å². The molecule has 0 bridgehead atoms. The molecule has 0 fully saturated rings. The maximum Gasteiger partial charge on any atom is 0.272 e. The Morgan fingerprint density at radius 2 is 2.16 bits per heavy atom. The Hall–Kier alpha value is -1.51. The van der Waals surface area contributed by atoms with E-state index in [0.29, 0.717) is 21.5 Å². The van der Waals surface area contributed by atoms with Crippen LogP contribution in [-0.4, -0.2) is 14.7 Å². The molecule has 3 aromatic heterocycles. The lowest BCUT2D eigenvalue weighted by molar-refractivity contribution is 0.433. The molecule has 3 rings (SSSR count).